The number of allylic oxidation sites excluding steroid dienone is 5. The van der Waals surface area contributed by atoms with E-state index in [2.05, 4.69) is 66.0 Å². The van der Waals surface area contributed by atoms with Crippen LogP contribution in [0.3, 0.4) is 0 Å². The summed E-state index contributed by atoms with van der Waals surface area (Å²) in [5.41, 5.74) is 4.81. The third-order valence-corrected chi connectivity index (χ3v) is 3.31. The van der Waals surface area contributed by atoms with Gasteiger partial charge >= 0.3 is 0 Å². The maximum atomic E-state index is 3.56. The van der Waals surface area contributed by atoms with Crippen LogP contribution in [0.25, 0.3) is 5.70 Å². The second-order valence-corrected chi connectivity index (χ2v) is 4.75. The van der Waals surface area contributed by atoms with E-state index < -0.39 is 0 Å². The molecule has 98 valence electrons. The first-order chi connectivity index (χ1) is 9.93. The van der Waals surface area contributed by atoms with E-state index in [4.69, 9.17) is 0 Å². The molecule has 20 heavy (non-hydrogen) atoms. The highest BCUT2D eigenvalue weighted by Crippen LogP contribution is 2.25. The van der Waals surface area contributed by atoms with Crippen molar-refractivity contribution >= 4 is 11.4 Å². The average molecular weight is 259 g/mol. The van der Waals surface area contributed by atoms with Gasteiger partial charge in [0.05, 0.1) is 0 Å². The number of nitrogens with one attached hydrogen (secondary N) is 1. The van der Waals surface area contributed by atoms with Crippen LogP contribution in [-0.2, 0) is 0 Å². The van der Waals surface area contributed by atoms with Crippen molar-refractivity contribution in [2.75, 3.05) is 5.32 Å². The van der Waals surface area contributed by atoms with Crippen LogP contribution in [0.4, 0.5) is 5.69 Å². The zero-order chi connectivity index (χ0) is 13.6. The van der Waals surface area contributed by atoms with E-state index in [0.717, 1.165) is 12.1 Å². The molecule has 1 heteroatoms. The minimum Gasteiger partial charge on any atom is -0.355 e. The van der Waals surface area contributed by atoms with Gasteiger partial charge in [0.15, 0.2) is 0 Å². The van der Waals surface area contributed by atoms with Crippen LogP contribution in [0.2, 0.25) is 0 Å². The quantitative estimate of drug-likeness (QED) is 0.815. The summed E-state index contributed by atoms with van der Waals surface area (Å²) in [6, 6.07) is 20.8. The average Bonchev–Trinajstić information content (AvgIpc) is 2.55. The lowest BCUT2D eigenvalue weighted by Crippen LogP contribution is -2.03. The minimum atomic E-state index is 0.959. The number of benzene rings is 2. The van der Waals surface area contributed by atoms with E-state index in [1.54, 1.807) is 0 Å². The molecule has 0 saturated carbocycles. The monoisotopic (exact) mass is 259 g/mol. The zero-order valence-corrected chi connectivity index (χ0v) is 11.3. The summed E-state index contributed by atoms with van der Waals surface area (Å²) in [5, 5.41) is 3.56. The molecule has 1 aliphatic carbocycles. The molecule has 1 nitrogen and oxygen atoms in total. The van der Waals surface area contributed by atoms with Crippen molar-refractivity contribution in [1.29, 1.82) is 0 Å². The van der Waals surface area contributed by atoms with Crippen molar-refractivity contribution in [3.8, 4) is 0 Å². The number of hydrogen-bond donors (Lipinski definition) is 1. The smallest absolute Gasteiger partial charge is 0.0493 e. The lowest BCUT2D eigenvalue weighted by atomic mass is 10.0. The summed E-state index contributed by atoms with van der Waals surface area (Å²) in [4.78, 5) is 0. The van der Waals surface area contributed by atoms with Crippen LogP contribution < -0.4 is 5.32 Å². The van der Waals surface area contributed by atoms with Crippen molar-refractivity contribution in [2.24, 2.45) is 0 Å². The molecular weight excluding hydrogens is 242 g/mol. The molecule has 3 rings (SSSR count). The fourth-order valence-corrected chi connectivity index (χ4v) is 2.31. The Bertz CT molecular complexity index is 649. The van der Waals surface area contributed by atoms with E-state index in [1.807, 2.05) is 24.3 Å². The predicted molar refractivity (Wildman–Crippen MR) is 86.3 cm³/mol. The highest BCUT2D eigenvalue weighted by molar-refractivity contribution is 5.80. The third-order valence-electron chi connectivity index (χ3n) is 3.31. The molecule has 0 radical (unpaired) electrons. The van der Waals surface area contributed by atoms with Gasteiger partial charge in [-0.15, -0.1) is 0 Å². The first-order valence-electron chi connectivity index (χ1n) is 6.87. The maximum Gasteiger partial charge on any atom is 0.0493 e. The summed E-state index contributed by atoms with van der Waals surface area (Å²) in [7, 11) is 0. The summed E-state index contributed by atoms with van der Waals surface area (Å²) >= 11 is 0. The lowest BCUT2D eigenvalue weighted by Gasteiger charge is -2.16. The van der Waals surface area contributed by atoms with Gasteiger partial charge < -0.3 is 5.32 Å². The number of hydrogen-bond acceptors (Lipinski definition) is 1. The Morgan fingerprint density at radius 2 is 1.50 bits per heavy atom. The standard InChI is InChI=1S/C19H17N/c1-4-10-16(11-5-1)19(17-12-6-2-7-13-17)20-18-14-8-3-9-15-18/h1-12,14-15,20H,13H2/b19-17-. The highest BCUT2D eigenvalue weighted by atomic mass is 14.9. The van der Waals surface area contributed by atoms with Crippen molar-refractivity contribution in [3.63, 3.8) is 0 Å². The minimum absolute atomic E-state index is 0.959. The molecule has 0 fully saturated rings. The molecule has 0 unspecified atom stereocenters. The highest BCUT2D eigenvalue weighted by Gasteiger charge is 2.08. The van der Waals surface area contributed by atoms with Gasteiger partial charge in [-0.25, -0.2) is 0 Å². The molecule has 0 aromatic heterocycles. The molecule has 2 aromatic rings. The Hall–Kier alpha value is -2.54. The topological polar surface area (TPSA) is 12.0 Å². The number of rotatable bonds is 3. The molecule has 0 heterocycles. The van der Waals surface area contributed by atoms with Gasteiger partial charge in [0.2, 0.25) is 0 Å². The molecule has 0 bridgehead atoms. The molecule has 2 aromatic carbocycles. The Balaban J connectivity index is 2.01. The SMILES string of the molecule is C1=CC/C(=C(\Nc2ccccc2)c2ccccc2)C=C1. The fraction of sp³-hybridized carbons (Fsp3) is 0.0526. The summed E-state index contributed by atoms with van der Waals surface area (Å²) in [6.07, 6.45) is 9.51. The predicted octanol–water partition coefficient (Wildman–Crippen LogP) is 5.03. The van der Waals surface area contributed by atoms with E-state index in [9.17, 15) is 0 Å². The summed E-state index contributed by atoms with van der Waals surface area (Å²) in [5.74, 6) is 0. The van der Waals surface area contributed by atoms with E-state index in [0.29, 0.717) is 0 Å². The van der Waals surface area contributed by atoms with Crippen molar-refractivity contribution in [1.82, 2.24) is 0 Å². The molecule has 0 aliphatic heterocycles. The van der Waals surface area contributed by atoms with Crippen molar-refractivity contribution < 1.29 is 0 Å². The van der Waals surface area contributed by atoms with Crippen LogP contribution in [0.5, 0.6) is 0 Å². The van der Waals surface area contributed by atoms with Crippen LogP contribution in [-0.4, -0.2) is 0 Å². The van der Waals surface area contributed by atoms with Crippen LogP contribution in [0.1, 0.15) is 12.0 Å². The van der Waals surface area contributed by atoms with Crippen LogP contribution >= 0.6 is 0 Å². The molecule has 0 spiro atoms. The van der Waals surface area contributed by atoms with Gasteiger partial charge in [-0.2, -0.15) is 0 Å². The van der Waals surface area contributed by atoms with Gasteiger partial charge in [-0.1, -0.05) is 72.8 Å². The number of para-hydroxylation sites is 1. The molecule has 0 atom stereocenters. The Kier molecular flexibility index (Phi) is 3.79. The molecule has 0 saturated heterocycles. The summed E-state index contributed by atoms with van der Waals surface area (Å²) < 4.78 is 0. The van der Waals surface area contributed by atoms with Crippen molar-refractivity contribution in [3.05, 3.63) is 96.1 Å². The molecule has 0 amide bonds. The van der Waals surface area contributed by atoms with Crippen LogP contribution in [0.15, 0.2) is 90.5 Å². The van der Waals surface area contributed by atoms with Crippen LogP contribution in [0, 0.1) is 0 Å². The first kappa shape index (κ1) is 12.5. The molecule has 1 N–H and O–H groups in total. The molecular formula is C19H17N. The third kappa shape index (κ3) is 2.89. The van der Waals surface area contributed by atoms with E-state index >= 15 is 0 Å². The van der Waals surface area contributed by atoms with E-state index in [-0.39, 0.29) is 0 Å². The lowest BCUT2D eigenvalue weighted by molar-refractivity contribution is 1.26. The van der Waals surface area contributed by atoms with Gasteiger partial charge in [-0.05, 0) is 29.7 Å². The first-order valence-corrected chi connectivity index (χ1v) is 6.87. The van der Waals surface area contributed by atoms with Gasteiger partial charge in [0.25, 0.3) is 0 Å². The summed E-state index contributed by atoms with van der Waals surface area (Å²) in [6.45, 7) is 0. The van der Waals surface area contributed by atoms with Gasteiger partial charge in [0, 0.05) is 11.4 Å². The zero-order valence-electron chi connectivity index (χ0n) is 11.3. The Labute approximate surface area is 120 Å². The number of anilines is 1. The fourth-order valence-electron chi connectivity index (χ4n) is 2.31. The van der Waals surface area contributed by atoms with E-state index in [1.165, 1.54) is 16.8 Å². The molecule has 1 aliphatic rings. The Morgan fingerprint density at radius 1 is 0.800 bits per heavy atom. The second-order valence-electron chi connectivity index (χ2n) is 4.75. The van der Waals surface area contributed by atoms with Gasteiger partial charge in [-0.3, -0.25) is 0 Å². The largest absolute Gasteiger partial charge is 0.355 e. The van der Waals surface area contributed by atoms with Gasteiger partial charge in [0.1, 0.15) is 0 Å². The Morgan fingerprint density at radius 3 is 2.15 bits per heavy atom. The normalized spacial score (nSPS) is 16.0. The maximum absolute atomic E-state index is 3.56. The van der Waals surface area contributed by atoms with Crippen molar-refractivity contribution in [2.45, 2.75) is 6.42 Å². The second kappa shape index (κ2) is 6.07.